The average molecular weight is 372 g/mol. The minimum absolute atomic E-state index is 0. The fourth-order valence-corrected chi connectivity index (χ4v) is 2.65. The van der Waals surface area contributed by atoms with Crippen molar-refractivity contribution in [3.05, 3.63) is 24.3 Å². The summed E-state index contributed by atoms with van der Waals surface area (Å²) in [6, 6.07) is 4.19. The Kier molecular flexibility index (Phi) is 6.03. The van der Waals surface area contributed by atoms with Crippen LogP contribution < -0.4 is 68.9 Å². The maximum Gasteiger partial charge on any atom is 1.00 e. The van der Waals surface area contributed by atoms with E-state index in [-0.39, 0.29) is 70.3 Å². The minimum atomic E-state index is -4.66. The van der Waals surface area contributed by atoms with Crippen LogP contribution in [0, 0.1) is 0 Å². The van der Waals surface area contributed by atoms with Crippen molar-refractivity contribution in [2.75, 3.05) is 0 Å². The molecule has 80 valence electrons. The van der Waals surface area contributed by atoms with Crippen molar-refractivity contribution in [3.63, 3.8) is 0 Å². The van der Waals surface area contributed by atoms with E-state index in [2.05, 4.69) is 0 Å². The van der Waals surface area contributed by atoms with Crippen LogP contribution in [0.15, 0.2) is 34.1 Å². The van der Waals surface area contributed by atoms with Crippen LogP contribution in [-0.2, 0) is 20.2 Å². The van der Waals surface area contributed by atoms with E-state index >= 15 is 0 Å². The molecule has 1 aromatic carbocycles. The molecule has 0 saturated heterocycles. The van der Waals surface area contributed by atoms with Crippen molar-refractivity contribution in [1.82, 2.24) is 0 Å². The van der Waals surface area contributed by atoms with E-state index in [4.69, 9.17) is 9.11 Å². The van der Waals surface area contributed by atoms with Crippen LogP contribution in [0.1, 0.15) is 1.43 Å². The fraction of sp³-hybridized carbons (Fsp3) is 0. The summed E-state index contributed by atoms with van der Waals surface area (Å²) in [6.07, 6.45) is 0. The molecular formula is C6H7CsO6S2. The van der Waals surface area contributed by atoms with Crippen LogP contribution in [-0.4, -0.2) is 25.9 Å². The van der Waals surface area contributed by atoms with Crippen LogP contribution >= 0.6 is 0 Å². The monoisotopic (exact) mass is 372 g/mol. The van der Waals surface area contributed by atoms with Gasteiger partial charge in [0.25, 0.3) is 20.2 Å². The Labute approximate surface area is 147 Å². The van der Waals surface area contributed by atoms with Gasteiger partial charge in [0.2, 0.25) is 0 Å². The second kappa shape index (κ2) is 5.62. The molecule has 0 heterocycles. The summed E-state index contributed by atoms with van der Waals surface area (Å²) in [5.41, 5.74) is 0. The second-order valence-electron chi connectivity index (χ2n) is 2.40. The minimum Gasteiger partial charge on any atom is -1.00 e. The topological polar surface area (TPSA) is 109 Å². The Morgan fingerprint density at radius 3 is 1.33 bits per heavy atom. The maximum absolute atomic E-state index is 10.7. The van der Waals surface area contributed by atoms with Gasteiger partial charge in [-0.1, -0.05) is 12.1 Å². The second-order valence-corrected chi connectivity index (χ2v) is 5.18. The van der Waals surface area contributed by atoms with Gasteiger partial charge in [0.05, 0.1) is 0 Å². The van der Waals surface area contributed by atoms with E-state index in [9.17, 15) is 16.8 Å². The number of rotatable bonds is 2. The molecule has 0 atom stereocenters. The molecule has 1 rings (SSSR count). The van der Waals surface area contributed by atoms with Crippen molar-refractivity contribution in [3.8, 4) is 0 Å². The molecule has 0 saturated carbocycles. The summed E-state index contributed by atoms with van der Waals surface area (Å²) in [6.45, 7) is 0. The van der Waals surface area contributed by atoms with E-state index in [1.807, 2.05) is 0 Å². The van der Waals surface area contributed by atoms with Crippen molar-refractivity contribution >= 4 is 20.2 Å². The SMILES string of the molecule is O=S(=O)(O)c1ccccc1S(=O)(=O)O.[Cs+].[H-]. The molecule has 2 N–H and O–H groups in total. The first kappa shape index (κ1) is 16.1. The molecule has 15 heavy (non-hydrogen) atoms. The van der Waals surface area contributed by atoms with Gasteiger partial charge in [-0.2, -0.15) is 16.8 Å². The molecule has 0 aliphatic rings. The van der Waals surface area contributed by atoms with Gasteiger partial charge in [0, 0.05) is 0 Å². The van der Waals surface area contributed by atoms with E-state index in [1.165, 1.54) is 12.1 Å². The Bertz CT molecular complexity index is 501. The van der Waals surface area contributed by atoms with Gasteiger partial charge in [0.15, 0.2) is 0 Å². The van der Waals surface area contributed by atoms with Crippen LogP contribution in [0.4, 0.5) is 0 Å². The molecule has 1 aromatic rings. The standard InChI is InChI=1S/C6H6O6S2.Cs.H/c7-13(8,9)5-3-1-2-4-6(5)14(10,11)12;;/h1-4H,(H,7,8,9)(H,10,11,12);;/q;+1;-1. The van der Waals surface area contributed by atoms with Crippen molar-refractivity contribution in [2.45, 2.75) is 9.79 Å². The van der Waals surface area contributed by atoms with Gasteiger partial charge in [0.1, 0.15) is 9.79 Å². The first-order valence-electron chi connectivity index (χ1n) is 3.27. The fourth-order valence-electron chi connectivity index (χ4n) is 0.876. The zero-order valence-corrected chi connectivity index (χ0v) is 15.6. The van der Waals surface area contributed by atoms with Gasteiger partial charge >= 0.3 is 68.9 Å². The quantitative estimate of drug-likeness (QED) is 0.547. The van der Waals surface area contributed by atoms with Crippen molar-refractivity contribution in [2.24, 2.45) is 0 Å². The maximum atomic E-state index is 10.7. The summed E-state index contributed by atoms with van der Waals surface area (Å²) in [5, 5.41) is 0. The Morgan fingerprint density at radius 1 is 0.867 bits per heavy atom. The van der Waals surface area contributed by atoms with Gasteiger partial charge in [-0.05, 0) is 12.1 Å². The van der Waals surface area contributed by atoms with Gasteiger partial charge in [-0.3, -0.25) is 9.11 Å². The largest absolute Gasteiger partial charge is 1.00 e. The summed E-state index contributed by atoms with van der Waals surface area (Å²) in [4.78, 5) is -1.69. The van der Waals surface area contributed by atoms with E-state index in [1.54, 1.807) is 0 Å². The van der Waals surface area contributed by atoms with E-state index in [0.717, 1.165) is 12.1 Å². The Hall–Kier alpha value is 1.09. The third-order valence-electron chi connectivity index (χ3n) is 1.40. The summed E-state index contributed by atoms with van der Waals surface area (Å²) in [5.74, 6) is 0. The third-order valence-corrected chi connectivity index (χ3v) is 3.36. The van der Waals surface area contributed by atoms with Crippen LogP contribution in [0.2, 0.25) is 0 Å². The molecule has 0 unspecified atom stereocenters. The predicted octanol–water partition coefficient (Wildman–Crippen LogP) is -2.70. The third kappa shape index (κ3) is 4.46. The van der Waals surface area contributed by atoms with Crippen LogP contribution in [0.25, 0.3) is 0 Å². The zero-order valence-electron chi connectivity index (χ0n) is 8.65. The molecular weight excluding hydrogens is 365 g/mol. The van der Waals surface area contributed by atoms with Gasteiger partial charge < -0.3 is 1.43 Å². The average Bonchev–Trinajstić information content (AvgIpc) is 2.01. The molecule has 0 fully saturated rings. The summed E-state index contributed by atoms with van der Waals surface area (Å²) in [7, 11) is -9.31. The number of hydrogen-bond acceptors (Lipinski definition) is 4. The molecule has 0 amide bonds. The molecule has 0 aliphatic heterocycles. The number of benzene rings is 1. The first-order valence-corrected chi connectivity index (χ1v) is 6.15. The van der Waals surface area contributed by atoms with Crippen molar-refractivity contribution < 1.29 is 96.3 Å². The Morgan fingerprint density at radius 2 is 1.13 bits per heavy atom. The molecule has 0 radical (unpaired) electrons. The van der Waals surface area contributed by atoms with Gasteiger partial charge in [-0.25, -0.2) is 0 Å². The van der Waals surface area contributed by atoms with Crippen LogP contribution in [0.3, 0.4) is 0 Å². The molecule has 6 nitrogen and oxygen atoms in total. The smallest absolute Gasteiger partial charge is 1.00 e. The summed E-state index contributed by atoms with van der Waals surface area (Å²) >= 11 is 0. The first-order chi connectivity index (χ1) is 6.23. The van der Waals surface area contributed by atoms with Gasteiger partial charge in [-0.15, -0.1) is 0 Å². The van der Waals surface area contributed by atoms with Crippen molar-refractivity contribution in [1.29, 1.82) is 0 Å². The molecule has 0 aromatic heterocycles. The molecule has 0 spiro atoms. The molecule has 9 heteroatoms. The normalized spacial score (nSPS) is 11.9. The van der Waals surface area contributed by atoms with E-state index < -0.39 is 30.0 Å². The molecule has 0 aliphatic carbocycles. The molecule has 0 bridgehead atoms. The zero-order chi connectivity index (χ0) is 11.0. The number of hydrogen-bond donors (Lipinski definition) is 2. The van der Waals surface area contributed by atoms with Crippen LogP contribution in [0.5, 0.6) is 0 Å². The predicted molar refractivity (Wildman–Crippen MR) is 47.2 cm³/mol. The van der Waals surface area contributed by atoms with E-state index in [0.29, 0.717) is 0 Å². The summed E-state index contributed by atoms with van der Waals surface area (Å²) < 4.78 is 60.0. The Balaban J connectivity index is 0.